The first kappa shape index (κ1) is 19.1. The van der Waals surface area contributed by atoms with Gasteiger partial charge in [-0.05, 0) is 29.8 Å². The summed E-state index contributed by atoms with van der Waals surface area (Å²) in [7, 11) is 1.56. The molecule has 5 nitrogen and oxygen atoms in total. The van der Waals surface area contributed by atoms with E-state index in [-0.39, 0.29) is 18.1 Å². The van der Waals surface area contributed by atoms with E-state index in [1.165, 1.54) is 18.2 Å². The standard InChI is InChI=1S/C19H18F2N2O3/c1-22-18(25)12-13-6-9-15(10-7-13)23-17(24)11-8-14-4-2-3-5-16(14)26-19(20)21/h2-11,19H,12H2,1H3,(H,22,25)(H,23,24)/b11-8+. The lowest BCUT2D eigenvalue weighted by atomic mass is 10.1. The molecule has 2 rings (SSSR count). The number of hydrogen-bond donors (Lipinski definition) is 2. The highest BCUT2D eigenvalue weighted by Crippen LogP contribution is 2.21. The van der Waals surface area contributed by atoms with E-state index in [0.29, 0.717) is 11.3 Å². The van der Waals surface area contributed by atoms with Gasteiger partial charge in [-0.2, -0.15) is 8.78 Å². The number of halogens is 2. The average molecular weight is 360 g/mol. The van der Waals surface area contributed by atoms with Crippen molar-refractivity contribution >= 4 is 23.6 Å². The Bertz CT molecular complexity index is 790. The zero-order valence-electron chi connectivity index (χ0n) is 14.0. The van der Waals surface area contributed by atoms with Crippen molar-refractivity contribution < 1.29 is 23.1 Å². The fourth-order valence-electron chi connectivity index (χ4n) is 2.15. The van der Waals surface area contributed by atoms with Crippen LogP contribution in [0.2, 0.25) is 0 Å². The van der Waals surface area contributed by atoms with Gasteiger partial charge >= 0.3 is 6.61 Å². The van der Waals surface area contributed by atoms with E-state index in [1.54, 1.807) is 49.5 Å². The van der Waals surface area contributed by atoms with Crippen molar-refractivity contribution in [1.82, 2.24) is 5.32 Å². The molecule has 0 aliphatic carbocycles. The summed E-state index contributed by atoms with van der Waals surface area (Å²) in [5.74, 6) is -0.532. The number of carbonyl (C=O) groups is 2. The molecule has 7 heteroatoms. The molecule has 0 aromatic heterocycles. The second kappa shape index (κ2) is 9.31. The lowest BCUT2D eigenvalue weighted by molar-refractivity contribution is -0.120. The Balaban J connectivity index is 1.98. The number of hydrogen-bond acceptors (Lipinski definition) is 3. The van der Waals surface area contributed by atoms with Gasteiger partial charge in [-0.15, -0.1) is 0 Å². The van der Waals surface area contributed by atoms with E-state index in [1.807, 2.05) is 0 Å². The quantitative estimate of drug-likeness (QED) is 0.745. The van der Waals surface area contributed by atoms with Gasteiger partial charge in [0.05, 0.1) is 6.42 Å². The zero-order chi connectivity index (χ0) is 18.9. The Morgan fingerprint density at radius 2 is 1.81 bits per heavy atom. The van der Waals surface area contributed by atoms with Crippen LogP contribution in [0.5, 0.6) is 5.75 Å². The number of rotatable bonds is 7. The Morgan fingerprint density at radius 1 is 1.12 bits per heavy atom. The van der Waals surface area contributed by atoms with Crippen LogP contribution in [-0.2, 0) is 16.0 Å². The Hall–Kier alpha value is -3.22. The zero-order valence-corrected chi connectivity index (χ0v) is 14.0. The highest BCUT2D eigenvalue weighted by atomic mass is 19.3. The molecule has 0 saturated heterocycles. The van der Waals surface area contributed by atoms with Crippen LogP contribution in [0.15, 0.2) is 54.6 Å². The third kappa shape index (κ3) is 6.01. The maximum atomic E-state index is 12.4. The summed E-state index contributed by atoms with van der Waals surface area (Å²) in [5.41, 5.74) is 1.73. The average Bonchev–Trinajstić information content (AvgIpc) is 2.62. The fraction of sp³-hybridized carbons (Fsp3) is 0.158. The minimum Gasteiger partial charge on any atom is -0.434 e. The number of amides is 2. The SMILES string of the molecule is CNC(=O)Cc1ccc(NC(=O)/C=C/c2ccccc2OC(F)F)cc1. The Labute approximate surface area is 149 Å². The van der Waals surface area contributed by atoms with Crippen LogP contribution >= 0.6 is 0 Å². The molecule has 26 heavy (non-hydrogen) atoms. The van der Waals surface area contributed by atoms with Crippen molar-refractivity contribution in [3.05, 3.63) is 65.7 Å². The fourth-order valence-corrected chi connectivity index (χ4v) is 2.15. The molecule has 0 unspecified atom stereocenters. The molecular weight excluding hydrogens is 342 g/mol. The van der Waals surface area contributed by atoms with Gasteiger partial charge in [0.15, 0.2) is 0 Å². The van der Waals surface area contributed by atoms with Crippen LogP contribution in [-0.4, -0.2) is 25.5 Å². The summed E-state index contributed by atoms with van der Waals surface area (Å²) in [6, 6.07) is 13.0. The number of benzene rings is 2. The van der Waals surface area contributed by atoms with Gasteiger partial charge in [0.2, 0.25) is 11.8 Å². The van der Waals surface area contributed by atoms with E-state index in [9.17, 15) is 18.4 Å². The molecule has 0 aliphatic rings. The molecule has 0 saturated carbocycles. The number of nitrogens with one attached hydrogen (secondary N) is 2. The van der Waals surface area contributed by atoms with Crippen molar-refractivity contribution in [3.8, 4) is 5.75 Å². The first-order valence-electron chi connectivity index (χ1n) is 7.80. The molecule has 0 bridgehead atoms. The molecule has 0 atom stereocenters. The topological polar surface area (TPSA) is 67.4 Å². The van der Waals surface area contributed by atoms with Gasteiger partial charge in [-0.25, -0.2) is 0 Å². The summed E-state index contributed by atoms with van der Waals surface area (Å²) in [6.45, 7) is -2.94. The molecule has 0 radical (unpaired) electrons. The van der Waals surface area contributed by atoms with Crippen molar-refractivity contribution in [3.63, 3.8) is 0 Å². The minimum absolute atomic E-state index is 0.00916. The molecular formula is C19H18F2N2O3. The van der Waals surface area contributed by atoms with Crippen LogP contribution in [0.4, 0.5) is 14.5 Å². The first-order chi connectivity index (χ1) is 12.5. The van der Waals surface area contributed by atoms with Crippen LogP contribution in [0.25, 0.3) is 6.08 Å². The van der Waals surface area contributed by atoms with Crippen molar-refractivity contribution in [2.24, 2.45) is 0 Å². The number of likely N-dealkylation sites (N-methyl/N-ethyl adjacent to an activating group) is 1. The molecule has 0 aliphatic heterocycles. The van der Waals surface area contributed by atoms with Crippen LogP contribution < -0.4 is 15.4 Å². The van der Waals surface area contributed by atoms with Crippen LogP contribution in [0.1, 0.15) is 11.1 Å². The third-order valence-electron chi connectivity index (χ3n) is 3.41. The molecule has 2 amide bonds. The summed E-state index contributed by atoms with van der Waals surface area (Å²) >= 11 is 0. The van der Waals surface area contributed by atoms with E-state index in [2.05, 4.69) is 15.4 Å². The van der Waals surface area contributed by atoms with Crippen LogP contribution in [0.3, 0.4) is 0 Å². The van der Waals surface area contributed by atoms with Crippen molar-refractivity contribution in [2.45, 2.75) is 13.0 Å². The largest absolute Gasteiger partial charge is 0.434 e. The van der Waals surface area contributed by atoms with Gasteiger partial charge in [-0.3, -0.25) is 9.59 Å². The first-order valence-corrected chi connectivity index (χ1v) is 7.80. The smallest absolute Gasteiger partial charge is 0.387 e. The highest BCUT2D eigenvalue weighted by molar-refractivity contribution is 6.02. The van der Waals surface area contributed by atoms with E-state index >= 15 is 0 Å². The van der Waals surface area contributed by atoms with Crippen LogP contribution in [0, 0.1) is 0 Å². The Morgan fingerprint density at radius 3 is 2.46 bits per heavy atom. The predicted molar refractivity (Wildman–Crippen MR) is 95.0 cm³/mol. The maximum Gasteiger partial charge on any atom is 0.387 e. The van der Waals surface area contributed by atoms with E-state index in [4.69, 9.17) is 0 Å². The molecule has 2 N–H and O–H groups in total. The van der Waals surface area contributed by atoms with Gasteiger partial charge in [0, 0.05) is 24.4 Å². The predicted octanol–water partition coefficient (Wildman–Crippen LogP) is 3.23. The van der Waals surface area contributed by atoms with Gasteiger partial charge < -0.3 is 15.4 Å². The van der Waals surface area contributed by atoms with Gasteiger partial charge in [0.25, 0.3) is 0 Å². The summed E-state index contributed by atoms with van der Waals surface area (Å²) < 4.78 is 29.1. The normalized spacial score (nSPS) is 10.8. The van der Waals surface area contributed by atoms with E-state index in [0.717, 1.165) is 5.56 Å². The highest BCUT2D eigenvalue weighted by Gasteiger charge is 2.07. The maximum absolute atomic E-state index is 12.4. The summed E-state index contributed by atoms with van der Waals surface area (Å²) in [4.78, 5) is 23.3. The molecule has 0 fully saturated rings. The number of carbonyl (C=O) groups excluding carboxylic acids is 2. The number of alkyl halides is 2. The van der Waals surface area contributed by atoms with Crippen molar-refractivity contribution in [2.75, 3.05) is 12.4 Å². The lowest BCUT2D eigenvalue weighted by Gasteiger charge is -2.07. The van der Waals surface area contributed by atoms with Gasteiger partial charge in [0.1, 0.15) is 5.75 Å². The van der Waals surface area contributed by atoms with E-state index < -0.39 is 12.5 Å². The number of ether oxygens (including phenoxy) is 1. The second-order valence-electron chi connectivity index (χ2n) is 5.29. The number of para-hydroxylation sites is 1. The summed E-state index contributed by atoms with van der Waals surface area (Å²) in [5, 5.41) is 5.19. The molecule has 2 aromatic carbocycles. The molecule has 2 aromatic rings. The van der Waals surface area contributed by atoms with Crippen molar-refractivity contribution in [1.29, 1.82) is 0 Å². The second-order valence-corrected chi connectivity index (χ2v) is 5.29. The number of anilines is 1. The molecule has 0 heterocycles. The lowest BCUT2D eigenvalue weighted by Crippen LogP contribution is -2.19. The minimum atomic E-state index is -2.94. The third-order valence-corrected chi connectivity index (χ3v) is 3.41. The van der Waals surface area contributed by atoms with Gasteiger partial charge in [-0.1, -0.05) is 30.3 Å². The molecule has 0 spiro atoms. The monoisotopic (exact) mass is 360 g/mol. The Kier molecular flexibility index (Phi) is 6.84. The molecule has 136 valence electrons. The summed E-state index contributed by atoms with van der Waals surface area (Å²) in [6.07, 6.45) is 2.88.